The first-order valence-corrected chi connectivity index (χ1v) is 6.94. The highest BCUT2D eigenvalue weighted by molar-refractivity contribution is 7.19. The minimum atomic E-state index is -0.242. The molecule has 2 heterocycles. The first-order valence-electron chi connectivity index (χ1n) is 6.13. The molecule has 2 aromatic heterocycles. The van der Waals surface area contributed by atoms with Crippen molar-refractivity contribution in [2.24, 2.45) is 0 Å². The van der Waals surface area contributed by atoms with Crippen LogP contribution in [0.4, 0.5) is 0 Å². The van der Waals surface area contributed by atoms with Crippen molar-refractivity contribution in [2.75, 3.05) is 6.61 Å². The predicted molar refractivity (Wildman–Crippen MR) is 72.6 cm³/mol. The van der Waals surface area contributed by atoms with Crippen molar-refractivity contribution in [3.8, 4) is 0 Å². The van der Waals surface area contributed by atoms with Crippen LogP contribution in [0.1, 0.15) is 53.3 Å². The summed E-state index contributed by atoms with van der Waals surface area (Å²) in [5.41, 5.74) is 3.10. The van der Waals surface area contributed by atoms with Gasteiger partial charge in [0, 0.05) is 5.56 Å². The van der Waals surface area contributed by atoms with Gasteiger partial charge in [-0.05, 0) is 26.7 Å². The Labute approximate surface area is 111 Å². The fourth-order valence-corrected chi connectivity index (χ4v) is 3.25. The Morgan fingerprint density at radius 2 is 2.11 bits per heavy atom. The van der Waals surface area contributed by atoms with E-state index in [4.69, 9.17) is 4.74 Å². The third kappa shape index (κ3) is 1.92. The molecule has 5 heteroatoms. The van der Waals surface area contributed by atoms with E-state index in [9.17, 15) is 4.79 Å². The molecule has 4 nitrogen and oxygen atoms in total. The van der Waals surface area contributed by atoms with Crippen LogP contribution in [0.5, 0.6) is 0 Å². The van der Waals surface area contributed by atoms with E-state index in [2.05, 4.69) is 18.9 Å². The van der Waals surface area contributed by atoms with E-state index in [-0.39, 0.29) is 11.9 Å². The van der Waals surface area contributed by atoms with Crippen LogP contribution >= 0.6 is 11.3 Å². The third-order valence-corrected chi connectivity index (χ3v) is 4.23. The number of hydrogen-bond acceptors (Lipinski definition) is 4. The number of thiazole rings is 1. The van der Waals surface area contributed by atoms with Crippen molar-refractivity contribution < 1.29 is 9.53 Å². The van der Waals surface area contributed by atoms with Crippen molar-refractivity contribution in [3.63, 3.8) is 0 Å². The first kappa shape index (κ1) is 13.1. The van der Waals surface area contributed by atoms with E-state index < -0.39 is 0 Å². The largest absolute Gasteiger partial charge is 0.462 e. The zero-order chi connectivity index (χ0) is 13.4. The Balaban J connectivity index is 2.66. The lowest BCUT2D eigenvalue weighted by Crippen LogP contribution is -2.08. The number of ether oxygens (including phenoxy) is 1. The number of rotatable bonds is 3. The number of aromatic nitrogens is 2. The number of nitrogens with zero attached hydrogens (tertiary/aromatic N) is 2. The van der Waals surface area contributed by atoms with Crippen LogP contribution < -0.4 is 0 Å². The Morgan fingerprint density at radius 3 is 2.67 bits per heavy atom. The normalized spacial score (nSPS) is 11.4. The van der Waals surface area contributed by atoms with E-state index in [1.165, 1.54) is 11.3 Å². The minimum Gasteiger partial charge on any atom is -0.462 e. The van der Waals surface area contributed by atoms with Gasteiger partial charge in [0.1, 0.15) is 9.71 Å². The summed E-state index contributed by atoms with van der Waals surface area (Å²) < 4.78 is 7.01. The number of carbonyl (C=O) groups excluding carboxylic acids is 1. The van der Waals surface area contributed by atoms with Crippen molar-refractivity contribution in [2.45, 2.75) is 40.5 Å². The molecule has 0 aliphatic carbocycles. The molecule has 0 bridgehead atoms. The predicted octanol–water partition coefficient (Wildman–Crippen LogP) is 3.31. The van der Waals surface area contributed by atoms with E-state index in [0.717, 1.165) is 21.8 Å². The first-order chi connectivity index (χ1) is 8.47. The van der Waals surface area contributed by atoms with Gasteiger partial charge in [0.15, 0.2) is 0 Å². The van der Waals surface area contributed by atoms with Gasteiger partial charge in [-0.15, -0.1) is 11.3 Å². The lowest BCUT2D eigenvalue weighted by molar-refractivity contribution is 0.0530. The molecule has 18 heavy (non-hydrogen) atoms. The Kier molecular flexibility index (Phi) is 3.43. The van der Waals surface area contributed by atoms with Gasteiger partial charge >= 0.3 is 5.97 Å². The van der Waals surface area contributed by atoms with Gasteiger partial charge in [-0.2, -0.15) is 5.10 Å². The molecule has 98 valence electrons. The quantitative estimate of drug-likeness (QED) is 0.800. The Bertz CT molecular complexity index is 596. The van der Waals surface area contributed by atoms with Crippen LogP contribution in [0.2, 0.25) is 0 Å². The highest BCUT2D eigenvalue weighted by Crippen LogP contribution is 2.32. The van der Waals surface area contributed by atoms with Gasteiger partial charge in [0.05, 0.1) is 18.0 Å². The summed E-state index contributed by atoms with van der Waals surface area (Å²) in [4.78, 5) is 13.7. The lowest BCUT2D eigenvalue weighted by atomic mass is 10.1. The second-order valence-electron chi connectivity index (χ2n) is 4.62. The Morgan fingerprint density at radius 1 is 1.44 bits per heavy atom. The molecule has 0 saturated heterocycles. The minimum absolute atomic E-state index is 0.233. The molecule has 0 aromatic carbocycles. The molecule has 0 saturated carbocycles. The topological polar surface area (TPSA) is 43.6 Å². The number of fused-ring (bicyclic) bond motifs is 1. The SMILES string of the molecule is CCOC(=O)c1sc2c(C)c(C)nn2c1C(C)C. The third-order valence-electron chi connectivity index (χ3n) is 2.97. The fourth-order valence-electron chi connectivity index (χ4n) is 1.96. The zero-order valence-electron chi connectivity index (χ0n) is 11.4. The van der Waals surface area contributed by atoms with Crippen LogP contribution in [0.15, 0.2) is 0 Å². The van der Waals surface area contributed by atoms with Gasteiger partial charge in [0.25, 0.3) is 0 Å². The number of hydrogen-bond donors (Lipinski definition) is 0. The van der Waals surface area contributed by atoms with Gasteiger partial charge in [-0.3, -0.25) is 0 Å². The maximum Gasteiger partial charge on any atom is 0.350 e. The molecule has 0 unspecified atom stereocenters. The Hall–Kier alpha value is -1.36. The van der Waals surface area contributed by atoms with E-state index in [1.807, 2.05) is 25.3 Å². The summed E-state index contributed by atoms with van der Waals surface area (Å²) in [7, 11) is 0. The second-order valence-corrected chi connectivity index (χ2v) is 5.62. The summed E-state index contributed by atoms with van der Waals surface area (Å²) in [6, 6.07) is 0. The average molecular weight is 266 g/mol. The van der Waals surface area contributed by atoms with E-state index in [0.29, 0.717) is 11.5 Å². The molecule has 0 aliphatic rings. The van der Waals surface area contributed by atoms with Crippen molar-refractivity contribution in [1.29, 1.82) is 0 Å². The fraction of sp³-hybridized carbons (Fsp3) is 0.538. The molecule has 0 radical (unpaired) electrons. The molecule has 0 atom stereocenters. The van der Waals surface area contributed by atoms with Crippen LogP contribution in [-0.4, -0.2) is 22.2 Å². The maximum absolute atomic E-state index is 12.0. The molecule has 0 aliphatic heterocycles. The van der Waals surface area contributed by atoms with Gasteiger partial charge < -0.3 is 4.74 Å². The highest BCUT2D eigenvalue weighted by atomic mass is 32.1. The molecule has 0 N–H and O–H groups in total. The standard InChI is InChI=1S/C13H18N2O2S/c1-6-17-13(16)11-10(7(2)3)15-12(18-11)8(4)9(5)14-15/h7H,6H2,1-5H3. The number of esters is 1. The summed E-state index contributed by atoms with van der Waals surface area (Å²) in [6.45, 7) is 10.4. The molecule has 2 rings (SSSR count). The monoisotopic (exact) mass is 266 g/mol. The van der Waals surface area contributed by atoms with E-state index >= 15 is 0 Å². The van der Waals surface area contributed by atoms with Gasteiger partial charge in [-0.1, -0.05) is 13.8 Å². The average Bonchev–Trinajstić information content (AvgIpc) is 2.78. The van der Waals surface area contributed by atoms with Gasteiger partial charge in [0.2, 0.25) is 0 Å². The molecular formula is C13H18N2O2S. The van der Waals surface area contributed by atoms with Crippen LogP contribution in [-0.2, 0) is 4.74 Å². The van der Waals surface area contributed by atoms with Crippen molar-refractivity contribution in [1.82, 2.24) is 9.61 Å². The smallest absolute Gasteiger partial charge is 0.350 e. The summed E-state index contributed by atoms with van der Waals surface area (Å²) >= 11 is 1.47. The zero-order valence-corrected chi connectivity index (χ0v) is 12.2. The molecular weight excluding hydrogens is 248 g/mol. The molecule has 0 spiro atoms. The number of carbonyl (C=O) groups is 1. The summed E-state index contributed by atoms with van der Waals surface area (Å²) in [6.07, 6.45) is 0. The summed E-state index contributed by atoms with van der Waals surface area (Å²) in [5, 5.41) is 4.52. The van der Waals surface area contributed by atoms with Gasteiger partial charge in [-0.25, -0.2) is 9.31 Å². The maximum atomic E-state index is 12.0. The molecule has 0 amide bonds. The van der Waals surface area contributed by atoms with E-state index in [1.54, 1.807) is 0 Å². The lowest BCUT2D eigenvalue weighted by Gasteiger charge is -2.06. The highest BCUT2D eigenvalue weighted by Gasteiger charge is 2.24. The van der Waals surface area contributed by atoms with Crippen LogP contribution in [0.3, 0.4) is 0 Å². The summed E-state index contributed by atoms with van der Waals surface area (Å²) in [5.74, 6) is -0.00870. The van der Waals surface area contributed by atoms with Crippen molar-refractivity contribution >= 4 is 22.1 Å². The number of aryl methyl sites for hydroxylation is 2. The van der Waals surface area contributed by atoms with Crippen LogP contribution in [0.25, 0.3) is 4.83 Å². The molecule has 2 aromatic rings. The van der Waals surface area contributed by atoms with Crippen molar-refractivity contribution in [3.05, 3.63) is 21.8 Å². The second kappa shape index (κ2) is 4.72. The van der Waals surface area contributed by atoms with Crippen LogP contribution in [0, 0.1) is 13.8 Å². The molecule has 0 fully saturated rings.